The molecule has 1 spiro atoms. The van der Waals surface area contributed by atoms with Gasteiger partial charge in [0.2, 0.25) is 0 Å². The summed E-state index contributed by atoms with van der Waals surface area (Å²) in [6.45, 7) is 0. The van der Waals surface area contributed by atoms with Crippen LogP contribution in [0.5, 0.6) is 0 Å². The van der Waals surface area contributed by atoms with E-state index in [2.05, 4.69) is 66.7 Å². The third-order valence-corrected chi connectivity index (χ3v) is 11.9. The van der Waals surface area contributed by atoms with Crippen LogP contribution >= 0.6 is 0 Å². The maximum absolute atomic E-state index is 10.4. The molecule has 6 aromatic rings. The van der Waals surface area contributed by atoms with Gasteiger partial charge in [-0.15, -0.1) is 0 Å². The number of nitriles is 1. The first-order valence-electron chi connectivity index (χ1n) is 17.3. The summed E-state index contributed by atoms with van der Waals surface area (Å²) in [7, 11) is 0. The highest BCUT2D eigenvalue weighted by Crippen LogP contribution is 2.70. The van der Waals surface area contributed by atoms with Gasteiger partial charge in [-0.1, -0.05) is 103 Å². The highest BCUT2D eigenvalue weighted by atomic mass is 15.0. The van der Waals surface area contributed by atoms with Crippen molar-refractivity contribution in [3.05, 3.63) is 138 Å². The van der Waals surface area contributed by atoms with Crippen molar-refractivity contribution in [1.82, 2.24) is 15.0 Å². The Morgan fingerprint density at radius 3 is 1.67 bits per heavy atom. The van der Waals surface area contributed by atoms with Crippen molar-refractivity contribution in [3.63, 3.8) is 0 Å². The standard InChI is InChI=1S/C44H34N4/c45-26-34-15-8-16-38-37-18-17-32(25-39(37)44(40(34)38)35-20-27-19-28(22-35)23-36(44)21-27)31-13-7-14-33(24-31)43-47-41(29-9-3-1-4-10-29)46-42(48-43)30-11-5-2-6-12-30/h1-18,24-25,27-28,35-36H,19-23H2. The molecule has 1 heterocycles. The van der Waals surface area contributed by atoms with Gasteiger partial charge in [0.1, 0.15) is 0 Å². The Bertz CT molecular complexity index is 2180. The molecule has 4 saturated carbocycles. The van der Waals surface area contributed by atoms with Gasteiger partial charge in [-0.3, -0.25) is 0 Å². The summed E-state index contributed by atoms with van der Waals surface area (Å²) in [5.74, 6) is 4.89. The number of rotatable bonds is 4. The van der Waals surface area contributed by atoms with E-state index < -0.39 is 0 Å². The van der Waals surface area contributed by atoms with E-state index in [0.29, 0.717) is 29.3 Å². The number of hydrogen-bond donors (Lipinski definition) is 0. The minimum Gasteiger partial charge on any atom is -0.208 e. The third kappa shape index (κ3) is 4.04. The van der Waals surface area contributed by atoms with E-state index in [0.717, 1.165) is 39.7 Å². The maximum Gasteiger partial charge on any atom is 0.164 e. The van der Waals surface area contributed by atoms with E-state index >= 15 is 0 Å². The predicted molar refractivity (Wildman–Crippen MR) is 190 cm³/mol. The van der Waals surface area contributed by atoms with Crippen molar-refractivity contribution in [3.8, 4) is 62.5 Å². The molecule has 0 aliphatic heterocycles. The van der Waals surface area contributed by atoms with E-state index in [1.807, 2.05) is 60.7 Å². The van der Waals surface area contributed by atoms with Crippen molar-refractivity contribution >= 4 is 0 Å². The Hall–Kier alpha value is -5.40. The second-order valence-corrected chi connectivity index (χ2v) is 14.4. The van der Waals surface area contributed by atoms with Gasteiger partial charge >= 0.3 is 0 Å². The SMILES string of the molecule is N#Cc1cccc2c1C1(c3cc(-c4cccc(-c5nc(-c6ccccc6)nc(-c6ccccc6)n5)c4)ccc3-2)C2CC3CC(C2)CC1C3. The predicted octanol–water partition coefficient (Wildman–Crippen LogP) is 10.1. The summed E-state index contributed by atoms with van der Waals surface area (Å²) < 4.78 is 0. The van der Waals surface area contributed by atoms with Gasteiger partial charge in [0.25, 0.3) is 0 Å². The van der Waals surface area contributed by atoms with E-state index in [1.54, 1.807) is 0 Å². The molecule has 5 aliphatic carbocycles. The van der Waals surface area contributed by atoms with Crippen LogP contribution in [0.2, 0.25) is 0 Å². The smallest absolute Gasteiger partial charge is 0.164 e. The van der Waals surface area contributed by atoms with Crippen molar-refractivity contribution in [2.24, 2.45) is 23.7 Å². The van der Waals surface area contributed by atoms with Gasteiger partial charge in [-0.05, 0) is 107 Å². The normalized spacial score (nSPS) is 24.3. The molecule has 4 heteroatoms. The van der Waals surface area contributed by atoms with Gasteiger partial charge in [-0.2, -0.15) is 5.26 Å². The van der Waals surface area contributed by atoms with Crippen LogP contribution in [0, 0.1) is 35.0 Å². The molecule has 4 bridgehead atoms. The monoisotopic (exact) mass is 618 g/mol. The minimum absolute atomic E-state index is 0.0680. The lowest BCUT2D eigenvalue weighted by molar-refractivity contribution is -0.0400. The second-order valence-electron chi connectivity index (χ2n) is 14.4. The quantitative estimate of drug-likeness (QED) is 0.197. The summed E-state index contributed by atoms with van der Waals surface area (Å²) in [5, 5.41) is 10.4. The lowest BCUT2D eigenvalue weighted by atomic mass is 9.43. The molecule has 5 aliphatic rings. The summed E-state index contributed by atoms with van der Waals surface area (Å²) in [4.78, 5) is 14.9. The lowest BCUT2D eigenvalue weighted by Crippen LogP contribution is -2.55. The van der Waals surface area contributed by atoms with Crippen molar-refractivity contribution < 1.29 is 0 Å². The zero-order chi connectivity index (χ0) is 31.8. The van der Waals surface area contributed by atoms with Crippen LogP contribution in [0.1, 0.15) is 48.8 Å². The van der Waals surface area contributed by atoms with E-state index in [-0.39, 0.29) is 5.41 Å². The Balaban J connectivity index is 1.12. The largest absolute Gasteiger partial charge is 0.208 e. The van der Waals surface area contributed by atoms with E-state index in [4.69, 9.17) is 15.0 Å². The zero-order valence-electron chi connectivity index (χ0n) is 26.7. The third-order valence-electron chi connectivity index (χ3n) is 11.9. The fourth-order valence-electron chi connectivity index (χ4n) is 10.3. The molecule has 4 fully saturated rings. The average molecular weight is 619 g/mol. The highest BCUT2D eigenvalue weighted by molar-refractivity contribution is 5.87. The van der Waals surface area contributed by atoms with Crippen LogP contribution in [0.25, 0.3) is 56.4 Å². The molecule has 1 aromatic heterocycles. The van der Waals surface area contributed by atoms with Gasteiger partial charge in [0, 0.05) is 22.1 Å². The molecule has 11 rings (SSSR count). The molecule has 230 valence electrons. The Labute approximate surface area is 281 Å². The summed E-state index contributed by atoms with van der Waals surface area (Å²) >= 11 is 0. The highest BCUT2D eigenvalue weighted by Gasteiger charge is 2.62. The number of nitrogens with zero attached hydrogens (tertiary/aromatic N) is 4. The minimum atomic E-state index is -0.0680. The zero-order valence-corrected chi connectivity index (χ0v) is 26.7. The first-order chi connectivity index (χ1) is 23.7. The van der Waals surface area contributed by atoms with Crippen LogP contribution in [-0.2, 0) is 5.41 Å². The molecule has 0 radical (unpaired) electrons. The van der Waals surface area contributed by atoms with Crippen molar-refractivity contribution in [1.29, 1.82) is 5.26 Å². The fraction of sp³-hybridized carbons (Fsp3) is 0.227. The second kappa shape index (κ2) is 10.6. The summed E-state index contributed by atoms with van der Waals surface area (Å²) in [6.07, 6.45) is 6.57. The average Bonchev–Trinajstić information content (AvgIpc) is 3.44. The van der Waals surface area contributed by atoms with Crippen LogP contribution in [0.15, 0.2) is 121 Å². The Kier molecular flexibility index (Phi) is 6.09. The van der Waals surface area contributed by atoms with Crippen LogP contribution in [0.4, 0.5) is 0 Å². The van der Waals surface area contributed by atoms with Crippen molar-refractivity contribution in [2.45, 2.75) is 37.5 Å². The molecule has 0 amide bonds. The molecule has 0 atom stereocenters. The van der Waals surface area contributed by atoms with Crippen LogP contribution in [0.3, 0.4) is 0 Å². The fourth-order valence-corrected chi connectivity index (χ4v) is 10.3. The summed E-state index contributed by atoms with van der Waals surface area (Å²) in [6, 6.07) is 45.1. The number of hydrogen-bond acceptors (Lipinski definition) is 4. The summed E-state index contributed by atoms with van der Waals surface area (Å²) in [5.41, 5.74) is 11.4. The van der Waals surface area contributed by atoms with Crippen molar-refractivity contribution in [2.75, 3.05) is 0 Å². The Morgan fingerprint density at radius 2 is 1.04 bits per heavy atom. The van der Waals surface area contributed by atoms with Gasteiger partial charge in [0.05, 0.1) is 11.6 Å². The molecule has 0 N–H and O–H groups in total. The van der Waals surface area contributed by atoms with E-state index in [1.165, 1.54) is 59.9 Å². The molecular weight excluding hydrogens is 585 g/mol. The van der Waals surface area contributed by atoms with Gasteiger partial charge < -0.3 is 0 Å². The van der Waals surface area contributed by atoms with Gasteiger partial charge in [0.15, 0.2) is 17.5 Å². The van der Waals surface area contributed by atoms with Crippen LogP contribution in [-0.4, -0.2) is 15.0 Å². The molecule has 0 unspecified atom stereocenters. The molecular formula is C44H34N4. The molecule has 48 heavy (non-hydrogen) atoms. The molecule has 4 nitrogen and oxygen atoms in total. The van der Waals surface area contributed by atoms with Crippen LogP contribution < -0.4 is 0 Å². The molecule has 5 aromatic carbocycles. The number of fused-ring (bicyclic) bond motifs is 3. The van der Waals surface area contributed by atoms with Gasteiger partial charge in [-0.25, -0.2) is 15.0 Å². The molecule has 0 saturated heterocycles. The lowest BCUT2D eigenvalue weighted by Gasteiger charge is -2.61. The number of aromatic nitrogens is 3. The first kappa shape index (κ1) is 27.7. The Morgan fingerprint density at radius 1 is 0.500 bits per heavy atom. The topological polar surface area (TPSA) is 62.5 Å². The van der Waals surface area contributed by atoms with E-state index in [9.17, 15) is 5.26 Å². The first-order valence-corrected chi connectivity index (χ1v) is 17.3. The number of benzene rings is 5. The maximum atomic E-state index is 10.4.